The number of carboxylic acid groups (broad SMARTS) is 1. The second kappa shape index (κ2) is 1.19. The Morgan fingerprint density at radius 1 is 1.71 bits per heavy atom. The van der Waals surface area contributed by atoms with Gasteiger partial charge in [0.2, 0.25) is 0 Å². The van der Waals surface area contributed by atoms with E-state index in [0.717, 1.165) is 0 Å². The van der Waals surface area contributed by atoms with Gasteiger partial charge in [-0.3, -0.25) is 0 Å². The summed E-state index contributed by atoms with van der Waals surface area (Å²) in [5, 5.41) is 8.12. The van der Waals surface area contributed by atoms with Crippen molar-refractivity contribution in [2.75, 3.05) is 0 Å². The Labute approximate surface area is 46.6 Å². The molecule has 1 heterocycles. The molecule has 1 aliphatic rings. The second-order valence-corrected chi connectivity index (χ2v) is 2.03. The molecule has 1 N–H and O–H groups in total. The Morgan fingerprint density at radius 3 is 2.14 bits per heavy atom. The van der Waals surface area contributed by atoms with Gasteiger partial charge in [0.05, 0.1) is 0 Å². The fourth-order valence-electron chi connectivity index (χ4n) is 0.216. The molecule has 1 aliphatic heterocycles. The third kappa shape index (κ3) is 0.752. The molecule has 0 saturated heterocycles. The molecular weight excluding hydrogens is 113 g/mol. The zero-order chi connectivity index (χ0) is 5.49. The van der Waals surface area contributed by atoms with Crippen LogP contribution >= 0.6 is 11.6 Å². The molecule has 0 aliphatic carbocycles. The van der Waals surface area contributed by atoms with Gasteiger partial charge in [-0.2, -0.15) is 0 Å². The fourth-order valence-corrected chi connectivity index (χ4v) is 0.279. The zero-order valence-electron chi connectivity index (χ0n) is 3.39. The van der Waals surface area contributed by atoms with Gasteiger partial charge >= 0.3 is 45.7 Å². The van der Waals surface area contributed by atoms with Crippen molar-refractivity contribution >= 4 is 31.2 Å². The van der Waals surface area contributed by atoms with Crippen LogP contribution in [0.4, 0.5) is 0 Å². The second-order valence-electron chi connectivity index (χ2n) is 1.41. The summed E-state index contributed by atoms with van der Waals surface area (Å²) in [5.74, 6) is -0.992. The van der Waals surface area contributed by atoms with Gasteiger partial charge in [-0.15, -0.1) is 0 Å². The first kappa shape index (κ1) is 5.04. The van der Waals surface area contributed by atoms with Crippen LogP contribution in [-0.2, 0) is 4.79 Å². The average molecular weight is 114 g/mol. The summed E-state index contributed by atoms with van der Waals surface area (Å²) in [5.41, 5.74) is 0. The van der Waals surface area contributed by atoms with Gasteiger partial charge in [-0.1, -0.05) is 0 Å². The van der Waals surface area contributed by atoms with Crippen molar-refractivity contribution in [3.05, 3.63) is 0 Å². The van der Waals surface area contributed by atoms with Gasteiger partial charge in [0.25, 0.3) is 0 Å². The molecule has 34 valence electrons. The Balaban J connectivity index is 2.58. The summed E-state index contributed by atoms with van der Waals surface area (Å²) in [6, 6.07) is 0. The van der Waals surface area contributed by atoms with E-state index in [1.807, 2.05) is 0 Å². The first-order valence-electron chi connectivity index (χ1n) is 1.78. The van der Waals surface area contributed by atoms with Crippen LogP contribution in [-0.4, -0.2) is 29.4 Å². The van der Waals surface area contributed by atoms with Gasteiger partial charge in [0.1, 0.15) is 0 Å². The molecule has 7 heavy (non-hydrogen) atoms. The molecule has 0 fully saturated rings. The maximum absolute atomic E-state index is 9.89. The number of carbonyl (C=O) groups is 1. The Morgan fingerprint density at radius 2 is 2.14 bits per heavy atom. The van der Waals surface area contributed by atoms with Crippen LogP contribution < -0.4 is 0 Å². The van der Waals surface area contributed by atoms with E-state index in [0.29, 0.717) is 0 Å². The van der Waals surface area contributed by atoms with Crippen LogP contribution in [0.1, 0.15) is 0 Å². The van der Waals surface area contributed by atoms with Crippen LogP contribution in [0.2, 0.25) is 0 Å². The third-order valence-corrected chi connectivity index (χ3v) is 1.20. The first-order valence-corrected chi connectivity index (χ1v) is 2.16. The van der Waals surface area contributed by atoms with Crippen LogP contribution in [0.15, 0.2) is 0 Å². The molecule has 0 aromatic heterocycles. The van der Waals surface area contributed by atoms with Crippen molar-refractivity contribution in [1.82, 2.24) is 0 Å². The molecule has 0 aromatic carbocycles. The zero-order valence-corrected chi connectivity index (χ0v) is 4.14. The quantitative estimate of drug-likeness (QED) is 0.361. The number of aliphatic carboxylic acids is 1. The molecule has 1 rings (SSSR count). The van der Waals surface area contributed by atoms with E-state index in [2.05, 4.69) is 0 Å². The van der Waals surface area contributed by atoms with Gasteiger partial charge in [-0.25, -0.2) is 0 Å². The number of alkyl halides is 1. The van der Waals surface area contributed by atoms with Crippen molar-refractivity contribution < 1.29 is 9.90 Å². The van der Waals surface area contributed by atoms with Crippen LogP contribution in [0.5, 0.6) is 0 Å². The number of hydrogen-bond acceptors (Lipinski definition) is 1. The molecule has 0 aromatic rings. The summed E-state index contributed by atoms with van der Waals surface area (Å²) >= 11 is 5.27. The number of hydrogen-bond donors (Lipinski definition) is 1. The molecule has 0 bridgehead atoms. The maximum atomic E-state index is 9.89. The van der Waals surface area contributed by atoms with Gasteiger partial charge in [-0.05, 0) is 0 Å². The van der Waals surface area contributed by atoms with Crippen molar-refractivity contribution in [2.45, 2.75) is 4.67 Å². The molecule has 2 nitrogen and oxygen atoms in total. The van der Waals surface area contributed by atoms with Gasteiger partial charge < -0.3 is 0 Å². The SMILES string of the molecule is O=C(O)C1(Cl)B=B1. The van der Waals surface area contributed by atoms with Gasteiger partial charge in [0.15, 0.2) is 0 Å². The molecule has 0 saturated carbocycles. The van der Waals surface area contributed by atoms with E-state index in [1.165, 1.54) is 13.6 Å². The topological polar surface area (TPSA) is 37.3 Å². The standard InChI is InChI=1S/C2HB2ClO2/c5-2(1(6)7)3-4-2/h(H,6,7). The Kier molecular flexibility index (Phi) is 0.854. The fraction of sp³-hybridized carbons (Fsp3) is 0.500. The Hall–Kier alpha value is -0.110. The molecule has 0 amide bonds. The summed E-state index contributed by atoms with van der Waals surface area (Å²) in [6.45, 7) is 2.85. The monoisotopic (exact) mass is 114 g/mol. The molecule has 5 heteroatoms. The molecule has 0 atom stereocenters. The minimum absolute atomic E-state index is 0.992. The van der Waals surface area contributed by atoms with E-state index in [-0.39, 0.29) is 0 Å². The summed E-state index contributed by atoms with van der Waals surface area (Å²) in [4.78, 5) is 9.89. The van der Waals surface area contributed by atoms with Crippen LogP contribution in [0.25, 0.3) is 0 Å². The van der Waals surface area contributed by atoms with E-state index in [9.17, 15) is 4.79 Å². The van der Waals surface area contributed by atoms with Crippen LogP contribution in [0.3, 0.4) is 0 Å². The van der Waals surface area contributed by atoms with Gasteiger partial charge in [0, 0.05) is 0 Å². The number of halogens is 1. The van der Waals surface area contributed by atoms with Crippen molar-refractivity contribution in [1.29, 1.82) is 0 Å². The van der Waals surface area contributed by atoms with Crippen molar-refractivity contribution in [3.8, 4) is 0 Å². The molecule has 0 unspecified atom stereocenters. The summed E-state index contributed by atoms with van der Waals surface area (Å²) < 4.78 is -1.11. The van der Waals surface area contributed by atoms with E-state index in [1.54, 1.807) is 0 Å². The predicted molar refractivity (Wildman–Crippen MR) is 27.7 cm³/mol. The average Bonchev–Trinajstić information content (AvgIpc) is 2.21. The number of carboxylic acids is 1. The Bertz CT molecular complexity index is 137. The minimum atomic E-state index is -1.11. The number of rotatable bonds is 1. The normalized spacial score (nSPS) is 19.6. The van der Waals surface area contributed by atoms with E-state index < -0.39 is 10.6 Å². The molecule has 0 radical (unpaired) electrons. The molecule has 0 spiro atoms. The third-order valence-electron chi connectivity index (χ3n) is 0.787. The van der Waals surface area contributed by atoms with E-state index in [4.69, 9.17) is 16.7 Å². The predicted octanol–water partition coefficient (Wildman–Crippen LogP) is -0.699. The van der Waals surface area contributed by atoms with Crippen LogP contribution in [0, 0.1) is 0 Å². The van der Waals surface area contributed by atoms with Crippen molar-refractivity contribution in [2.24, 2.45) is 0 Å². The summed E-state index contributed by atoms with van der Waals surface area (Å²) in [6.07, 6.45) is 0. The van der Waals surface area contributed by atoms with E-state index >= 15 is 0 Å². The molecular formula is C2HB2ClO2. The first-order chi connectivity index (χ1) is 3.15. The summed E-state index contributed by atoms with van der Waals surface area (Å²) in [7, 11) is 0. The van der Waals surface area contributed by atoms with Crippen molar-refractivity contribution in [3.63, 3.8) is 0 Å².